The van der Waals surface area contributed by atoms with Gasteiger partial charge in [0.2, 0.25) is 0 Å². The van der Waals surface area contributed by atoms with Crippen LogP contribution in [0.25, 0.3) is 63.5 Å². The molecule has 0 saturated carbocycles. The number of aromatic nitrogens is 1. The normalized spacial score (nSPS) is 12.3. The number of nitrogens with one attached hydrogen (secondary N) is 1. The van der Waals surface area contributed by atoms with Gasteiger partial charge in [-0.1, -0.05) is 66.2 Å². The molecule has 0 amide bonds. The van der Waals surface area contributed by atoms with Crippen LogP contribution >= 0.6 is 22.9 Å². The number of thiophene rings is 1. The van der Waals surface area contributed by atoms with Crippen LogP contribution < -0.4 is 0 Å². The molecular formula is C26H14ClNS. The first kappa shape index (κ1) is 15.8. The van der Waals surface area contributed by atoms with Gasteiger partial charge in [0.15, 0.2) is 0 Å². The second kappa shape index (κ2) is 5.50. The summed E-state index contributed by atoms with van der Waals surface area (Å²) in [6, 6.07) is 28.3. The summed E-state index contributed by atoms with van der Waals surface area (Å²) in [6.07, 6.45) is 0. The summed E-state index contributed by atoms with van der Waals surface area (Å²) in [5.41, 5.74) is 2.25. The zero-order valence-electron chi connectivity index (χ0n) is 15.3. The highest BCUT2D eigenvalue weighted by Crippen LogP contribution is 2.45. The molecule has 136 valence electrons. The molecule has 5 aromatic carbocycles. The minimum atomic E-state index is 0.758. The molecule has 0 unspecified atom stereocenters. The molecule has 0 fully saturated rings. The highest BCUT2D eigenvalue weighted by molar-refractivity contribution is 7.27. The van der Waals surface area contributed by atoms with Gasteiger partial charge in [-0.25, -0.2) is 0 Å². The van der Waals surface area contributed by atoms with E-state index in [0.717, 1.165) is 16.1 Å². The van der Waals surface area contributed by atoms with Gasteiger partial charge >= 0.3 is 0 Å². The maximum Gasteiger partial charge on any atom is 0.0480 e. The van der Waals surface area contributed by atoms with Crippen LogP contribution in [0.3, 0.4) is 0 Å². The molecule has 0 radical (unpaired) electrons. The zero-order chi connectivity index (χ0) is 19.1. The van der Waals surface area contributed by atoms with Crippen molar-refractivity contribution in [3.05, 3.63) is 83.9 Å². The Bertz CT molecular complexity index is 1770. The van der Waals surface area contributed by atoms with Gasteiger partial charge in [-0.05, 0) is 45.8 Å². The molecule has 0 bridgehead atoms. The minimum Gasteiger partial charge on any atom is -0.354 e. The maximum absolute atomic E-state index is 6.23. The van der Waals surface area contributed by atoms with Crippen molar-refractivity contribution >= 4 is 86.5 Å². The Hall–Kier alpha value is -3.07. The molecule has 0 aliphatic carbocycles. The summed E-state index contributed by atoms with van der Waals surface area (Å²) in [5, 5.41) is 11.2. The van der Waals surface area contributed by atoms with Crippen molar-refractivity contribution in [1.29, 1.82) is 0 Å². The first-order valence-electron chi connectivity index (χ1n) is 9.64. The first-order valence-corrected chi connectivity index (χ1v) is 10.8. The number of H-pyrrole nitrogens is 1. The van der Waals surface area contributed by atoms with Crippen LogP contribution in [-0.4, -0.2) is 4.98 Å². The average Bonchev–Trinajstić information content (AvgIpc) is 3.30. The SMILES string of the molecule is Clc1ccc2c(c1)[nH]c1ccc3c(sc4ccc5ccc6ccccc6c5c43)c12. The van der Waals surface area contributed by atoms with E-state index >= 15 is 0 Å². The first-order chi connectivity index (χ1) is 14.3. The van der Waals surface area contributed by atoms with Crippen LogP contribution in [-0.2, 0) is 0 Å². The van der Waals surface area contributed by atoms with Crippen molar-refractivity contribution in [1.82, 2.24) is 4.98 Å². The van der Waals surface area contributed by atoms with Crippen molar-refractivity contribution in [2.75, 3.05) is 0 Å². The van der Waals surface area contributed by atoms with Crippen molar-refractivity contribution in [2.45, 2.75) is 0 Å². The molecule has 1 nitrogen and oxygen atoms in total. The van der Waals surface area contributed by atoms with Crippen LogP contribution in [0.1, 0.15) is 0 Å². The number of rotatable bonds is 0. The van der Waals surface area contributed by atoms with Crippen LogP contribution in [0, 0.1) is 0 Å². The largest absolute Gasteiger partial charge is 0.354 e. The van der Waals surface area contributed by atoms with E-state index < -0.39 is 0 Å². The lowest BCUT2D eigenvalue weighted by molar-refractivity contribution is 1.55. The lowest BCUT2D eigenvalue weighted by atomic mass is 9.97. The summed E-state index contributed by atoms with van der Waals surface area (Å²) in [4.78, 5) is 3.54. The van der Waals surface area contributed by atoms with Gasteiger partial charge in [0.25, 0.3) is 0 Å². The molecular weight excluding hydrogens is 394 g/mol. The summed E-state index contributed by atoms with van der Waals surface area (Å²) in [7, 11) is 0. The van der Waals surface area contributed by atoms with E-state index in [1.807, 2.05) is 23.5 Å². The number of hydrogen-bond donors (Lipinski definition) is 1. The fourth-order valence-corrected chi connectivity index (χ4v) is 6.23. The van der Waals surface area contributed by atoms with Gasteiger partial charge in [0.05, 0.1) is 0 Å². The maximum atomic E-state index is 6.23. The fourth-order valence-electron chi connectivity index (χ4n) is 4.78. The van der Waals surface area contributed by atoms with E-state index in [-0.39, 0.29) is 0 Å². The molecule has 2 aromatic heterocycles. The van der Waals surface area contributed by atoms with Crippen LogP contribution in [0.2, 0.25) is 5.02 Å². The molecule has 0 aliphatic rings. The fraction of sp³-hybridized carbons (Fsp3) is 0. The zero-order valence-corrected chi connectivity index (χ0v) is 16.9. The van der Waals surface area contributed by atoms with Crippen molar-refractivity contribution in [3.63, 3.8) is 0 Å². The van der Waals surface area contributed by atoms with Crippen LogP contribution in [0.4, 0.5) is 0 Å². The number of hydrogen-bond acceptors (Lipinski definition) is 1. The van der Waals surface area contributed by atoms with Gasteiger partial charge < -0.3 is 4.98 Å². The summed E-state index contributed by atoms with van der Waals surface area (Å²) in [5.74, 6) is 0. The number of aromatic amines is 1. The second-order valence-electron chi connectivity index (χ2n) is 7.61. The third-order valence-corrected chi connectivity index (χ3v) is 7.45. The minimum absolute atomic E-state index is 0.758. The molecule has 1 N–H and O–H groups in total. The number of benzene rings is 5. The molecule has 7 aromatic rings. The third kappa shape index (κ3) is 2.05. The Morgan fingerprint density at radius 1 is 0.621 bits per heavy atom. The van der Waals surface area contributed by atoms with E-state index in [4.69, 9.17) is 11.6 Å². The third-order valence-electron chi connectivity index (χ3n) is 6.03. The lowest BCUT2D eigenvalue weighted by Crippen LogP contribution is -1.79. The second-order valence-corrected chi connectivity index (χ2v) is 9.09. The summed E-state index contributed by atoms with van der Waals surface area (Å²) < 4.78 is 2.67. The number of halogens is 1. The quantitative estimate of drug-likeness (QED) is 0.242. The molecule has 29 heavy (non-hydrogen) atoms. The van der Waals surface area contributed by atoms with Gasteiger partial charge in [-0.3, -0.25) is 0 Å². The monoisotopic (exact) mass is 407 g/mol. The predicted octanol–water partition coefficient (Wildman–Crippen LogP) is 8.65. The Balaban J connectivity index is 1.77. The highest BCUT2D eigenvalue weighted by atomic mass is 35.5. The average molecular weight is 408 g/mol. The lowest BCUT2D eigenvalue weighted by Gasteiger charge is -2.06. The topological polar surface area (TPSA) is 15.8 Å². The molecule has 7 rings (SSSR count). The Kier molecular flexibility index (Phi) is 3.00. The van der Waals surface area contributed by atoms with Crippen LogP contribution in [0.15, 0.2) is 78.9 Å². The van der Waals surface area contributed by atoms with Gasteiger partial charge in [-0.2, -0.15) is 0 Å². The van der Waals surface area contributed by atoms with E-state index in [0.29, 0.717) is 0 Å². The van der Waals surface area contributed by atoms with E-state index in [2.05, 4.69) is 71.7 Å². The van der Waals surface area contributed by atoms with Gasteiger partial charge in [0.1, 0.15) is 0 Å². The highest BCUT2D eigenvalue weighted by Gasteiger charge is 2.15. The van der Waals surface area contributed by atoms with Crippen molar-refractivity contribution in [3.8, 4) is 0 Å². The molecule has 0 spiro atoms. The smallest absolute Gasteiger partial charge is 0.0480 e. The molecule has 0 aliphatic heterocycles. The van der Waals surface area contributed by atoms with Gasteiger partial charge in [0, 0.05) is 47.0 Å². The standard InChI is InChI=1S/C26H14ClNS/c27-16-8-9-18-21(13-16)28-20-11-10-19-25-22(29-26(19)24(18)20)12-7-15-6-5-14-3-1-2-4-17(14)23(15)25/h1-13,28H. The van der Waals surface area contributed by atoms with Crippen LogP contribution in [0.5, 0.6) is 0 Å². The molecule has 0 saturated heterocycles. The summed E-state index contributed by atoms with van der Waals surface area (Å²) in [6.45, 7) is 0. The Morgan fingerprint density at radius 2 is 1.45 bits per heavy atom. The molecule has 0 atom stereocenters. The molecule has 3 heteroatoms. The van der Waals surface area contributed by atoms with E-state index in [9.17, 15) is 0 Å². The van der Waals surface area contributed by atoms with Crippen molar-refractivity contribution in [2.24, 2.45) is 0 Å². The number of fused-ring (bicyclic) bond motifs is 11. The predicted molar refractivity (Wildman–Crippen MR) is 129 cm³/mol. The van der Waals surface area contributed by atoms with E-state index in [1.54, 1.807) is 0 Å². The summed E-state index contributed by atoms with van der Waals surface area (Å²) >= 11 is 8.12. The van der Waals surface area contributed by atoms with E-state index in [1.165, 1.54) is 52.5 Å². The Labute approximate surface area is 175 Å². The molecule has 2 heterocycles. The van der Waals surface area contributed by atoms with Gasteiger partial charge in [-0.15, -0.1) is 11.3 Å². The Morgan fingerprint density at radius 3 is 2.41 bits per heavy atom. The van der Waals surface area contributed by atoms with Crippen molar-refractivity contribution < 1.29 is 0 Å².